The molecular weight excluding hydrogens is 1030 g/mol. The number of hydrogen-bond donors (Lipinski definition) is 4. The predicted octanol–water partition coefficient (Wildman–Crippen LogP) is 7.41. The van der Waals surface area contributed by atoms with Crippen LogP contribution in [-0.4, -0.2) is 117 Å². The molecule has 0 bridgehead atoms. The molecule has 5 heterocycles. The summed E-state index contributed by atoms with van der Waals surface area (Å²) in [6, 6.07) is 11.0. The van der Waals surface area contributed by atoms with E-state index in [4.69, 9.17) is 21.1 Å². The van der Waals surface area contributed by atoms with Gasteiger partial charge >= 0.3 is 13.3 Å². The lowest BCUT2D eigenvalue weighted by molar-refractivity contribution is -0.150. The van der Waals surface area contributed by atoms with Gasteiger partial charge in [-0.3, -0.25) is 38.6 Å². The molecule has 4 aliphatic rings. The lowest BCUT2D eigenvalue weighted by atomic mass is 9.85. The number of fused-ring (bicyclic) bond motifs is 2. The van der Waals surface area contributed by atoms with Crippen LogP contribution in [0.2, 0.25) is 5.02 Å². The highest BCUT2D eigenvalue weighted by molar-refractivity contribution is 7.52. The summed E-state index contributed by atoms with van der Waals surface area (Å²) in [7, 11) is -5.85. The molecule has 74 heavy (non-hydrogen) atoms. The summed E-state index contributed by atoms with van der Waals surface area (Å²) < 4.78 is 67.5. The highest BCUT2D eigenvalue weighted by atomic mass is 35.5. The lowest BCUT2D eigenvalue weighted by Crippen LogP contribution is -2.58. The summed E-state index contributed by atoms with van der Waals surface area (Å²) in [6.45, 7) is 6.32. The minimum Gasteiger partial charge on any atom is -0.376 e. The summed E-state index contributed by atoms with van der Waals surface area (Å²) >= 11 is 7.03. The second kappa shape index (κ2) is 22.3. The lowest BCUT2D eigenvalue weighted by Gasteiger charge is -2.38. The largest absolute Gasteiger partial charge is 0.399 e. The molecule has 394 valence electrons. The third-order valence-electron chi connectivity index (χ3n) is 13.7. The number of thiophene rings is 1. The van der Waals surface area contributed by atoms with Crippen molar-refractivity contribution >= 4 is 76.1 Å². The van der Waals surface area contributed by atoms with Crippen LogP contribution < -0.4 is 10.6 Å². The SMILES string of the molecule is CC(C)(C)C(NC(=O)c1cc2cc(C(F)(F)P(=O)(O)O)ccc2s1)C(=O)N1C[C@@H](OCCCCCCC#Cc2cccc3c2CN(C2CCC(=O)NC2=O)C3=O)C[C@H]1C(=O)N1CCOC(c2ccc(F)c(Cl)c2)C1. The van der Waals surface area contributed by atoms with E-state index in [-0.39, 0.29) is 85.1 Å². The van der Waals surface area contributed by atoms with Crippen LogP contribution >= 0.6 is 30.5 Å². The number of likely N-dealkylation sites (tertiary alicyclic amines) is 1. The first-order valence-corrected chi connectivity index (χ1v) is 27.1. The van der Waals surface area contributed by atoms with Crippen LogP contribution in [0.1, 0.15) is 121 Å². The second-order valence-electron chi connectivity index (χ2n) is 20.0. The van der Waals surface area contributed by atoms with E-state index in [0.717, 1.165) is 48.3 Å². The maximum atomic E-state index is 14.8. The van der Waals surface area contributed by atoms with Crippen LogP contribution in [0, 0.1) is 23.1 Å². The van der Waals surface area contributed by atoms with E-state index in [0.29, 0.717) is 40.8 Å². The molecule has 1 aromatic heterocycles. The number of carbonyl (C=O) groups is 6. The van der Waals surface area contributed by atoms with Gasteiger partial charge in [0.25, 0.3) is 11.8 Å². The monoisotopic (exact) mass is 1080 g/mol. The first kappa shape index (κ1) is 54.6. The zero-order valence-electron chi connectivity index (χ0n) is 40.8. The number of hydrogen-bond acceptors (Lipinski definition) is 10. The van der Waals surface area contributed by atoms with E-state index in [1.165, 1.54) is 40.1 Å². The van der Waals surface area contributed by atoms with E-state index < -0.39 is 78.1 Å². The van der Waals surface area contributed by atoms with Gasteiger partial charge in [-0.15, -0.1) is 11.3 Å². The first-order valence-electron chi connectivity index (χ1n) is 24.3. The Morgan fingerprint density at radius 3 is 2.53 bits per heavy atom. The van der Waals surface area contributed by atoms with E-state index in [9.17, 15) is 56.3 Å². The molecule has 0 spiro atoms. The number of alkyl halides is 2. The summed E-state index contributed by atoms with van der Waals surface area (Å²) in [5.41, 5.74) is -3.74. The minimum atomic E-state index is -5.85. The number of halogens is 4. The van der Waals surface area contributed by atoms with Gasteiger partial charge in [-0.25, -0.2) is 4.39 Å². The van der Waals surface area contributed by atoms with E-state index in [1.54, 1.807) is 37.8 Å². The van der Waals surface area contributed by atoms with Crippen LogP contribution in [0.15, 0.2) is 60.7 Å². The molecule has 3 saturated heterocycles. The van der Waals surface area contributed by atoms with Gasteiger partial charge < -0.3 is 39.3 Å². The van der Waals surface area contributed by atoms with Crippen LogP contribution in [0.5, 0.6) is 0 Å². The Kier molecular flexibility index (Phi) is 16.4. The van der Waals surface area contributed by atoms with Gasteiger partial charge in [-0.2, -0.15) is 8.78 Å². The van der Waals surface area contributed by atoms with Gasteiger partial charge in [0.2, 0.25) is 23.6 Å². The molecule has 4 aliphatic heterocycles. The zero-order valence-corrected chi connectivity index (χ0v) is 43.3. The van der Waals surface area contributed by atoms with Gasteiger partial charge in [0.1, 0.15) is 30.0 Å². The van der Waals surface area contributed by atoms with Crippen molar-refractivity contribution in [2.75, 3.05) is 32.8 Å². The minimum absolute atomic E-state index is 0.0359. The van der Waals surface area contributed by atoms with E-state index >= 15 is 0 Å². The smallest absolute Gasteiger partial charge is 0.376 e. The van der Waals surface area contributed by atoms with Crippen molar-refractivity contribution < 1.29 is 65.8 Å². The molecule has 3 fully saturated rings. The van der Waals surface area contributed by atoms with Crippen LogP contribution in [0.25, 0.3) is 10.1 Å². The molecule has 3 unspecified atom stereocenters. The fraction of sp³-hybridized carbons (Fsp3) is 0.462. The average molecular weight is 1080 g/mol. The zero-order chi connectivity index (χ0) is 53.3. The first-order chi connectivity index (χ1) is 35.0. The van der Waals surface area contributed by atoms with Gasteiger partial charge in [0.05, 0.1) is 29.2 Å². The molecule has 0 saturated carbocycles. The molecule has 16 nitrogen and oxygen atoms in total. The van der Waals surface area contributed by atoms with Gasteiger partial charge in [0, 0.05) is 66.9 Å². The van der Waals surface area contributed by atoms with Gasteiger partial charge in [-0.1, -0.05) is 75.3 Å². The summed E-state index contributed by atoms with van der Waals surface area (Å²) in [5, 5.41) is 5.19. The Hall–Kier alpha value is -5.65. The third kappa shape index (κ3) is 11.9. The topological polar surface area (TPSA) is 212 Å². The Morgan fingerprint density at radius 2 is 1.80 bits per heavy atom. The average Bonchev–Trinajstić information content (AvgIpc) is 4.08. The number of nitrogens with zero attached hydrogens (tertiary/aromatic N) is 3. The molecule has 4 N–H and O–H groups in total. The highest BCUT2D eigenvalue weighted by Crippen LogP contribution is 2.59. The molecule has 3 aromatic carbocycles. The van der Waals surface area contributed by atoms with Crippen LogP contribution in [-0.2, 0) is 45.4 Å². The van der Waals surface area contributed by atoms with Gasteiger partial charge in [0.15, 0.2) is 0 Å². The Bertz CT molecular complexity index is 2990. The number of imide groups is 1. The number of nitrogens with one attached hydrogen (secondary N) is 2. The van der Waals surface area contributed by atoms with Crippen molar-refractivity contribution in [1.29, 1.82) is 0 Å². The molecule has 4 aromatic rings. The Balaban J connectivity index is 0.902. The van der Waals surface area contributed by atoms with Crippen molar-refractivity contribution in [3.63, 3.8) is 0 Å². The van der Waals surface area contributed by atoms with Crippen molar-refractivity contribution in [3.05, 3.63) is 104 Å². The number of amides is 6. The fourth-order valence-electron chi connectivity index (χ4n) is 9.68. The summed E-state index contributed by atoms with van der Waals surface area (Å²) in [4.78, 5) is 104. The fourth-order valence-corrected chi connectivity index (χ4v) is 11.3. The number of rotatable bonds is 15. The molecule has 8 rings (SSSR count). The summed E-state index contributed by atoms with van der Waals surface area (Å²) in [5.74, 6) is 3.12. The molecular formula is C52H56ClF3N5O11PS. The molecule has 6 amide bonds. The van der Waals surface area contributed by atoms with E-state index in [2.05, 4.69) is 22.5 Å². The predicted molar refractivity (Wildman–Crippen MR) is 267 cm³/mol. The number of ether oxygens (including phenoxy) is 2. The van der Waals surface area contributed by atoms with Crippen LogP contribution in [0.3, 0.4) is 0 Å². The van der Waals surface area contributed by atoms with Crippen molar-refractivity contribution in [1.82, 2.24) is 25.3 Å². The Morgan fingerprint density at radius 1 is 1.03 bits per heavy atom. The number of unbranched alkanes of at least 4 members (excludes halogenated alkanes) is 4. The molecule has 5 atom stereocenters. The Labute approximate surface area is 434 Å². The summed E-state index contributed by atoms with van der Waals surface area (Å²) in [6.07, 6.45) is 3.15. The third-order valence-corrected chi connectivity index (χ3v) is 16.1. The molecule has 22 heteroatoms. The number of morpholine rings is 1. The molecule has 0 aliphatic carbocycles. The van der Waals surface area contributed by atoms with Crippen molar-refractivity contribution in [3.8, 4) is 11.8 Å². The normalized spacial score (nSPS) is 20.8. The van der Waals surface area contributed by atoms with E-state index in [1.807, 2.05) is 6.07 Å². The van der Waals surface area contributed by atoms with Crippen LogP contribution in [0.4, 0.5) is 13.2 Å². The maximum absolute atomic E-state index is 14.8. The van der Waals surface area contributed by atoms with Crippen molar-refractivity contribution in [2.24, 2.45) is 5.41 Å². The number of benzene rings is 3. The standard InChI is InChI=1S/C52H56ClF3N5O11PS/c1-51(2,3)45(58-47(64)43-25-32-23-33(15-18-42(32)74-43)52(55,56)73(68,69)70)50(67)60-27-34(26-40(60)49(66)59-20-22-72-41(29-59)31-14-16-38(54)37(53)24-31)71-21-9-7-5-4-6-8-11-30-12-10-13-35-36(30)28-61(48(35)65)39-17-19-44(62)57-46(39)63/h10,12-16,18,23-25,34,39-41,45H,4-7,9,17,19-22,26-29H2,1-3H3,(H,58,64)(H,57,62,63)(H2,68,69,70)/t34-,39?,40-,41?,45?/m0/s1. The van der Waals surface area contributed by atoms with Gasteiger partial charge in [-0.05, 0) is 83.7 Å². The molecule has 0 radical (unpaired) electrons. The number of piperidine rings is 1. The maximum Gasteiger partial charge on any atom is 0.399 e. The quantitative estimate of drug-likeness (QED) is 0.0398. The second-order valence-corrected chi connectivity index (χ2v) is 23.1. The number of carbonyl (C=O) groups excluding carboxylic acids is 6. The highest BCUT2D eigenvalue weighted by Gasteiger charge is 2.51. The van der Waals surface area contributed by atoms with Crippen molar-refractivity contribution in [2.45, 2.75) is 115 Å².